The van der Waals surface area contributed by atoms with Gasteiger partial charge in [-0.2, -0.15) is 0 Å². The van der Waals surface area contributed by atoms with Gasteiger partial charge in [-0.15, -0.1) is 0 Å². The van der Waals surface area contributed by atoms with Crippen molar-refractivity contribution < 1.29 is 23.8 Å². The van der Waals surface area contributed by atoms with E-state index in [9.17, 15) is 9.18 Å². The Balaban J connectivity index is 2.05. The first kappa shape index (κ1) is 14.1. The SMILES string of the molecule is C/C(=C\C(=O)O)c1ccc(F)c(-c2ccc3c(c2)OCO3)c1. The molecule has 2 aromatic carbocycles. The van der Waals surface area contributed by atoms with Crippen LogP contribution in [0.3, 0.4) is 0 Å². The van der Waals surface area contributed by atoms with Crippen LogP contribution in [0.5, 0.6) is 11.5 Å². The molecule has 5 heteroatoms. The Morgan fingerprint density at radius 1 is 1.18 bits per heavy atom. The summed E-state index contributed by atoms with van der Waals surface area (Å²) >= 11 is 0. The lowest BCUT2D eigenvalue weighted by Crippen LogP contribution is -1.93. The Kier molecular flexibility index (Phi) is 3.55. The number of carbonyl (C=O) groups is 1. The molecule has 0 atom stereocenters. The van der Waals surface area contributed by atoms with Crippen molar-refractivity contribution in [2.45, 2.75) is 6.92 Å². The van der Waals surface area contributed by atoms with Gasteiger partial charge in [-0.25, -0.2) is 9.18 Å². The molecule has 0 aliphatic carbocycles. The van der Waals surface area contributed by atoms with Crippen LogP contribution in [0, 0.1) is 5.82 Å². The minimum atomic E-state index is -1.04. The molecule has 3 rings (SSSR count). The zero-order chi connectivity index (χ0) is 15.7. The Bertz CT molecular complexity index is 780. The number of rotatable bonds is 3. The van der Waals surface area contributed by atoms with E-state index in [-0.39, 0.29) is 12.6 Å². The summed E-state index contributed by atoms with van der Waals surface area (Å²) in [6.07, 6.45) is 1.09. The minimum Gasteiger partial charge on any atom is -0.478 e. The van der Waals surface area contributed by atoms with Crippen LogP contribution >= 0.6 is 0 Å². The van der Waals surface area contributed by atoms with Crippen LogP contribution < -0.4 is 9.47 Å². The third kappa shape index (κ3) is 2.65. The minimum absolute atomic E-state index is 0.155. The van der Waals surface area contributed by atoms with Crippen molar-refractivity contribution in [2.75, 3.05) is 6.79 Å². The van der Waals surface area contributed by atoms with Gasteiger partial charge in [0.15, 0.2) is 11.5 Å². The molecule has 1 heterocycles. The Hall–Kier alpha value is -2.82. The quantitative estimate of drug-likeness (QED) is 0.878. The Morgan fingerprint density at radius 3 is 2.73 bits per heavy atom. The maximum absolute atomic E-state index is 14.1. The number of hydrogen-bond acceptors (Lipinski definition) is 3. The van der Waals surface area contributed by atoms with Crippen LogP contribution in [0.1, 0.15) is 12.5 Å². The van der Waals surface area contributed by atoms with Crippen LogP contribution in [0.2, 0.25) is 0 Å². The van der Waals surface area contributed by atoms with Crippen molar-refractivity contribution in [2.24, 2.45) is 0 Å². The molecule has 0 amide bonds. The molecular weight excluding hydrogens is 287 g/mol. The van der Waals surface area contributed by atoms with Crippen LogP contribution in [0.15, 0.2) is 42.5 Å². The fraction of sp³-hybridized carbons (Fsp3) is 0.118. The van der Waals surface area contributed by atoms with Crippen molar-refractivity contribution in [1.29, 1.82) is 0 Å². The zero-order valence-electron chi connectivity index (χ0n) is 11.8. The number of aliphatic carboxylic acids is 1. The average Bonchev–Trinajstić information content (AvgIpc) is 2.94. The summed E-state index contributed by atoms with van der Waals surface area (Å²) < 4.78 is 24.7. The maximum atomic E-state index is 14.1. The van der Waals surface area contributed by atoms with Crippen LogP contribution in [0.4, 0.5) is 4.39 Å². The van der Waals surface area contributed by atoms with E-state index in [1.54, 1.807) is 37.3 Å². The highest BCUT2D eigenvalue weighted by Crippen LogP contribution is 2.37. The number of hydrogen-bond donors (Lipinski definition) is 1. The molecular formula is C17H13FO4. The molecule has 0 bridgehead atoms. The lowest BCUT2D eigenvalue weighted by Gasteiger charge is -2.08. The van der Waals surface area contributed by atoms with Crippen molar-refractivity contribution in [1.82, 2.24) is 0 Å². The van der Waals surface area contributed by atoms with Crippen molar-refractivity contribution in [3.63, 3.8) is 0 Å². The van der Waals surface area contributed by atoms with Gasteiger partial charge in [0.1, 0.15) is 5.82 Å². The van der Waals surface area contributed by atoms with Crippen LogP contribution in [-0.2, 0) is 4.79 Å². The fourth-order valence-electron chi connectivity index (χ4n) is 2.32. The molecule has 0 fully saturated rings. The zero-order valence-corrected chi connectivity index (χ0v) is 11.8. The molecule has 0 spiro atoms. The van der Waals surface area contributed by atoms with Gasteiger partial charge >= 0.3 is 5.97 Å². The molecule has 2 aromatic rings. The topological polar surface area (TPSA) is 55.8 Å². The smallest absolute Gasteiger partial charge is 0.328 e. The normalized spacial score (nSPS) is 13.3. The van der Waals surface area contributed by atoms with Crippen molar-refractivity contribution in [3.8, 4) is 22.6 Å². The largest absolute Gasteiger partial charge is 0.478 e. The van der Waals surface area contributed by atoms with E-state index in [2.05, 4.69) is 0 Å². The van der Waals surface area contributed by atoms with Gasteiger partial charge in [0.2, 0.25) is 6.79 Å². The number of fused-ring (bicyclic) bond motifs is 1. The van der Waals surface area contributed by atoms with E-state index in [0.29, 0.717) is 33.8 Å². The van der Waals surface area contributed by atoms with Gasteiger partial charge in [-0.05, 0) is 47.9 Å². The fourth-order valence-corrected chi connectivity index (χ4v) is 2.32. The highest BCUT2D eigenvalue weighted by molar-refractivity contribution is 5.90. The Morgan fingerprint density at radius 2 is 1.95 bits per heavy atom. The highest BCUT2D eigenvalue weighted by Gasteiger charge is 2.16. The predicted molar refractivity (Wildman–Crippen MR) is 79.2 cm³/mol. The maximum Gasteiger partial charge on any atom is 0.328 e. The van der Waals surface area contributed by atoms with Gasteiger partial charge < -0.3 is 14.6 Å². The standard InChI is InChI=1S/C17H13FO4/c1-10(6-17(19)20)11-2-4-14(18)13(7-11)12-3-5-15-16(8-12)22-9-21-15/h2-8H,9H2,1H3,(H,19,20)/b10-6+. The molecule has 1 aliphatic rings. The second-order valence-electron chi connectivity index (χ2n) is 4.93. The highest BCUT2D eigenvalue weighted by atomic mass is 19.1. The first-order chi connectivity index (χ1) is 10.5. The number of carboxylic acids is 1. The average molecular weight is 300 g/mol. The molecule has 0 saturated heterocycles. The number of halogens is 1. The Labute approximate surface area is 126 Å². The summed E-state index contributed by atoms with van der Waals surface area (Å²) in [6, 6.07) is 9.69. The molecule has 0 saturated carbocycles. The molecule has 0 radical (unpaired) electrons. The van der Waals surface area contributed by atoms with Crippen LogP contribution in [-0.4, -0.2) is 17.9 Å². The summed E-state index contributed by atoms with van der Waals surface area (Å²) in [5.41, 5.74) is 2.23. The van der Waals surface area contributed by atoms with E-state index in [1.165, 1.54) is 6.07 Å². The van der Waals surface area contributed by atoms with Crippen LogP contribution in [0.25, 0.3) is 16.7 Å². The molecule has 0 unspecified atom stereocenters. The summed E-state index contributed by atoms with van der Waals surface area (Å²) in [5.74, 6) is -0.223. The van der Waals surface area contributed by atoms with Crippen molar-refractivity contribution in [3.05, 3.63) is 53.9 Å². The molecule has 0 aromatic heterocycles. The van der Waals surface area contributed by atoms with Gasteiger partial charge in [0.05, 0.1) is 0 Å². The molecule has 1 N–H and O–H groups in total. The third-order valence-corrected chi connectivity index (χ3v) is 3.45. The third-order valence-electron chi connectivity index (χ3n) is 3.45. The number of ether oxygens (including phenoxy) is 2. The molecule has 1 aliphatic heterocycles. The van der Waals surface area contributed by atoms with E-state index in [4.69, 9.17) is 14.6 Å². The monoisotopic (exact) mass is 300 g/mol. The van der Waals surface area contributed by atoms with E-state index in [1.807, 2.05) is 0 Å². The summed E-state index contributed by atoms with van der Waals surface area (Å²) in [6.45, 7) is 1.83. The summed E-state index contributed by atoms with van der Waals surface area (Å²) in [5, 5.41) is 8.81. The number of benzene rings is 2. The first-order valence-electron chi connectivity index (χ1n) is 6.66. The second kappa shape index (κ2) is 5.52. The number of carboxylic acid groups (broad SMARTS) is 1. The van der Waals surface area contributed by atoms with Gasteiger partial charge in [-0.3, -0.25) is 0 Å². The molecule has 112 valence electrons. The van der Waals surface area contributed by atoms with Gasteiger partial charge in [0, 0.05) is 11.6 Å². The molecule has 22 heavy (non-hydrogen) atoms. The first-order valence-corrected chi connectivity index (χ1v) is 6.66. The number of allylic oxidation sites excluding steroid dienone is 1. The van der Waals surface area contributed by atoms with Gasteiger partial charge in [0.25, 0.3) is 0 Å². The molecule has 4 nitrogen and oxygen atoms in total. The summed E-state index contributed by atoms with van der Waals surface area (Å²) in [4.78, 5) is 10.8. The second-order valence-corrected chi connectivity index (χ2v) is 4.93. The summed E-state index contributed by atoms with van der Waals surface area (Å²) in [7, 11) is 0. The van der Waals surface area contributed by atoms with Gasteiger partial charge in [-0.1, -0.05) is 12.1 Å². The lowest BCUT2D eigenvalue weighted by atomic mass is 9.98. The van der Waals surface area contributed by atoms with E-state index >= 15 is 0 Å². The van der Waals surface area contributed by atoms with E-state index in [0.717, 1.165) is 6.08 Å². The predicted octanol–water partition coefficient (Wildman–Crippen LogP) is 3.71. The van der Waals surface area contributed by atoms with Crippen molar-refractivity contribution >= 4 is 11.5 Å². The lowest BCUT2D eigenvalue weighted by molar-refractivity contribution is -0.131. The van der Waals surface area contributed by atoms with E-state index < -0.39 is 5.97 Å².